The maximum Gasteiger partial charge on any atom is 0.134 e. The van der Waals surface area contributed by atoms with Crippen molar-refractivity contribution in [3.8, 4) is 17.3 Å². The molecule has 0 bridgehead atoms. The van der Waals surface area contributed by atoms with E-state index in [1.165, 1.54) is 16.9 Å². The summed E-state index contributed by atoms with van der Waals surface area (Å²) in [6.07, 6.45) is 1.88. The third kappa shape index (κ3) is 3.76. The summed E-state index contributed by atoms with van der Waals surface area (Å²) in [5.41, 5.74) is 4.73. The van der Waals surface area contributed by atoms with Gasteiger partial charge >= 0.3 is 0 Å². The molecule has 0 saturated carbocycles. The maximum absolute atomic E-state index is 9.45. The van der Waals surface area contributed by atoms with Crippen molar-refractivity contribution >= 4 is 38.9 Å². The number of benzene rings is 2. The first kappa shape index (κ1) is 15.7. The molecule has 0 spiro atoms. The van der Waals surface area contributed by atoms with Crippen LogP contribution in [0.1, 0.15) is 16.1 Å². The molecule has 1 aromatic heterocycles. The van der Waals surface area contributed by atoms with E-state index in [2.05, 4.69) is 27.0 Å². The lowest BCUT2D eigenvalue weighted by Crippen LogP contribution is -1.83. The molecule has 0 aliphatic heterocycles. The van der Waals surface area contributed by atoms with Gasteiger partial charge < -0.3 is 0 Å². The quantitative estimate of drug-likeness (QED) is 0.526. The van der Waals surface area contributed by atoms with Crippen LogP contribution in [0.25, 0.3) is 22.9 Å². The third-order valence-electron chi connectivity index (χ3n) is 3.38. The van der Waals surface area contributed by atoms with E-state index in [0.29, 0.717) is 5.57 Å². The topological polar surface area (TPSA) is 36.7 Å². The predicted molar refractivity (Wildman–Crippen MR) is 99.9 cm³/mol. The van der Waals surface area contributed by atoms with Crippen LogP contribution in [-0.4, -0.2) is 4.98 Å². The first-order chi connectivity index (χ1) is 11.2. The smallest absolute Gasteiger partial charge is 0.134 e. The average Bonchev–Trinajstić information content (AvgIpc) is 3.05. The van der Waals surface area contributed by atoms with Crippen molar-refractivity contribution in [2.45, 2.75) is 6.92 Å². The number of nitriles is 1. The van der Waals surface area contributed by atoms with Crippen molar-refractivity contribution in [1.82, 2.24) is 4.98 Å². The zero-order valence-electron chi connectivity index (χ0n) is 12.5. The lowest BCUT2D eigenvalue weighted by Gasteiger charge is -1.98. The maximum atomic E-state index is 9.45. The second kappa shape index (κ2) is 6.91. The lowest BCUT2D eigenvalue weighted by atomic mass is 10.1. The standard InChI is InChI=1S/C19H13BrN2S/c1-13-2-4-14(5-3-13)10-16(11-21)19-22-18(12-23-19)15-6-8-17(20)9-7-15/h2-10,12H,1H3/b16-10+. The number of aryl methyl sites for hydroxylation is 1. The molecule has 0 amide bonds. The van der Waals surface area contributed by atoms with Gasteiger partial charge in [-0.2, -0.15) is 5.26 Å². The van der Waals surface area contributed by atoms with Gasteiger partial charge in [0.15, 0.2) is 0 Å². The molecule has 0 aliphatic carbocycles. The molecule has 2 nitrogen and oxygen atoms in total. The minimum absolute atomic E-state index is 0.585. The van der Waals surface area contributed by atoms with Crippen LogP contribution in [-0.2, 0) is 0 Å². The molecule has 0 aliphatic rings. The SMILES string of the molecule is Cc1ccc(/C=C(\C#N)c2nc(-c3ccc(Br)cc3)cs2)cc1. The van der Waals surface area contributed by atoms with Gasteiger partial charge in [-0.25, -0.2) is 4.98 Å². The molecule has 2 aromatic carbocycles. The molecule has 0 unspecified atom stereocenters. The summed E-state index contributed by atoms with van der Waals surface area (Å²) in [5, 5.41) is 12.2. The second-order valence-corrected chi connectivity index (χ2v) is 6.90. The summed E-state index contributed by atoms with van der Waals surface area (Å²) in [7, 11) is 0. The minimum Gasteiger partial charge on any atom is -0.235 e. The minimum atomic E-state index is 0.585. The summed E-state index contributed by atoms with van der Waals surface area (Å²) in [6.45, 7) is 2.05. The number of aromatic nitrogens is 1. The number of thiazole rings is 1. The highest BCUT2D eigenvalue weighted by Crippen LogP contribution is 2.28. The molecule has 23 heavy (non-hydrogen) atoms. The van der Waals surface area contributed by atoms with Gasteiger partial charge in [0, 0.05) is 15.4 Å². The van der Waals surface area contributed by atoms with Crippen LogP contribution < -0.4 is 0 Å². The van der Waals surface area contributed by atoms with Gasteiger partial charge in [0.25, 0.3) is 0 Å². The van der Waals surface area contributed by atoms with Crippen LogP contribution in [0.5, 0.6) is 0 Å². The van der Waals surface area contributed by atoms with Crippen LogP contribution in [0.15, 0.2) is 58.4 Å². The molecule has 3 rings (SSSR count). The molecular formula is C19H13BrN2S. The van der Waals surface area contributed by atoms with Gasteiger partial charge in [-0.05, 0) is 30.7 Å². The van der Waals surface area contributed by atoms with Gasteiger partial charge in [-0.3, -0.25) is 0 Å². The van der Waals surface area contributed by atoms with Crippen molar-refractivity contribution in [3.05, 3.63) is 74.5 Å². The van der Waals surface area contributed by atoms with E-state index < -0.39 is 0 Å². The molecule has 3 aromatic rings. The summed E-state index contributed by atoms with van der Waals surface area (Å²) >= 11 is 4.92. The Morgan fingerprint density at radius 1 is 1.13 bits per heavy atom. The molecule has 0 saturated heterocycles. The first-order valence-corrected chi connectivity index (χ1v) is 8.73. The summed E-state index contributed by atoms with van der Waals surface area (Å²) in [5.74, 6) is 0. The summed E-state index contributed by atoms with van der Waals surface area (Å²) in [6, 6.07) is 18.4. The second-order valence-electron chi connectivity index (χ2n) is 5.13. The number of halogens is 1. The molecule has 0 N–H and O–H groups in total. The van der Waals surface area contributed by atoms with Gasteiger partial charge in [-0.1, -0.05) is 57.9 Å². The van der Waals surface area contributed by atoms with E-state index in [9.17, 15) is 5.26 Å². The Bertz CT molecular complexity index is 884. The fourth-order valence-electron chi connectivity index (χ4n) is 2.12. The van der Waals surface area contributed by atoms with E-state index in [4.69, 9.17) is 0 Å². The largest absolute Gasteiger partial charge is 0.235 e. The zero-order valence-corrected chi connectivity index (χ0v) is 14.9. The fraction of sp³-hybridized carbons (Fsp3) is 0.0526. The Labute approximate surface area is 147 Å². The molecule has 0 fully saturated rings. The Hall–Kier alpha value is -2.22. The van der Waals surface area contributed by atoms with E-state index in [1.54, 1.807) is 0 Å². The molecule has 112 valence electrons. The van der Waals surface area contributed by atoms with Gasteiger partial charge in [0.1, 0.15) is 11.1 Å². The number of hydrogen-bond acceptors (Lipinski definition) is 3. The molecular weight excluding hydrogens is 368 g/mol. The number of nitrogens with zero attached hydrogens (tertiary/aromatic N) is 2. The van der Waals surface area contributed by atoms with Crippen molar-refractivity contribution in [3.63, 3.8) is 0 Å². The summed E-state index contributed by atoms with van der Waals surface area (Å²) < 4.78 is 1.04. The molecule has 0 radical (unpaired) electrons. The highest BCUT2D eigenvalue weighted by atomic mass is 79.9. The highest BCUT2D eigenvalue weighted by Gasteiger charge is 2.09. The Kier molecular flexibility index (Phi) is 4.71. The third-order valence-corrected chi connectivity index (χ3v) is 4.79. The Morgan fingerprint density at radius 3 is 2.48 bits per heavy atom. The van der Waals surface area contributed by atoms with Crippen LogP contribution in [0.2, 0.25) is 0 Å². The normalized spacial score (nSPS) is 11.3. The average molecular weight is 381 g/mol. The highest BCUT2D eigenvalue weighted by molar-refractivity contribution is 9.10. The van der Waals surface area contributed by atoms with Crippen molar-refractivity contribution < 1.29 is 0 Å². The first-order valence-electron chi connectivity index (χ1n) is 7.06. The zero-order chi connectivity index (χ0) is 16.2. The monoisotopic (exact) mass is 380 g/mol. The lowest BCUT2D eigenvalue weighted by molar-refractivity contribution is 1.37. The molecule has 0 atom stereocenters. The van der Waals surface area contributed by atoms with E-state index in [0.717, 1.165) is 26.3 Å². The molecule has 1 heterocycles. The summed E-state index contributed by atoms with van der Waals surface area (Å²) in [4.78, 5) is 4.61. The molecule has 4 heteroatoms. The van der Waals surface area contributed by atoms with Crippen molar-refractivity contribution in [2.75, 3.05) is 0 Å². The van der Waals surface area contributed by atoms with E-state index >= 15 is 0 Å². The Morgan fingerprint density at radius 2 is 1.83 bits per heavy atom. The fourth-order valence-corrected chi connectivity index (χ4v) is 3.18. The van der Waals surface area contributed by atoms with Crippen LogP contribution in [0.3, 0.4) is 0 Å². The van der Waals surface area contributed by atoms with Gasteiger partial charge in [0.2, 0.25) is 0 Å². The van der Waals surface area contributed by atoms with E-state index in [1.807, 2.05) is 66.9 Å². The van der Waals surface area contributed by atoms with Crippen LogP contribution in [0.4, 0.5) is 0 Å². The van der Waals surface area contributed by atoms with Gasteiger partial charge in [-0.15, -0.1) is 11.3 Å². The van der Waals surface area contributed by atoms with Crippen LogP contribution >= 0.6 is 27.3 Å². The predicted octanol–water partition coefficient (Wildman–Crippen LogP) is 5.95. The van der Waals surface area contributed by atoms with Crippen molar-refractivity contribution in [1.29, 1.82) is 5.26 Å². The van der Waals surface area contributed by atoms with Crippen molar-refractivity contribution in [2.24, 2.45) is 0 Å². The van der Waals surface area contributed by atoms with Crippen LogP contribution in [0, 0.1) is 18.3 Å². The number of allylic oxidation sites excluding steroid dienone is 1. The Balaban J connectivity index is 1.92. The number of hydrogen-bond donors (Lipinski definition) is 0. The van der Waals surface area contributed by atoms with Gasteiger partial charge in [0.05, 0.1) is 11.3 Å². The number of rotatable bonds is 3. The van der Waals surface area contributed by atoms with E-state index in [-0.39, 0.29) is 0 Å².